The van der Waals surface area contributed by atoms with Gasteiger partial charge in [-0.15, -0.1) is 0 Å². The van der Waals surface area contributed by atoms with Crippen molar-refractivity contribution in [2.45, 2.75) is 52.1 Å². The molecule has 2 amide bonds. The summed E-state index contributed by atoms with van der Waals surface area (Å²) in [5.41, 5.74) is 0. The van der Waals surface area contributed by atoms with E-state index in [0.29, 0.717) is 6.04 Å². The molecule has 2 N–H and O–H groups in total. The number of rotatable bonds is 4. The second-order valence-electron chi connectivity index (χ2n) is 4.47. The van der Waals surface area contributed by atoms with E-state index in [4.69, 9.17) is 0 Å². The quantitative estimate of drug-likeness (QED) is 0.765. The van der Waals surface area contributed by atoms with Crippen molar-refractivity contribution in [3.8, 4) is 0 Å². The maximum Gasteiger partial charge on any atom is 0.317 e. The third-order valence-corrected chi connectivity index (χ3v) is 3.35. The molecule has 1 fully saturated rings. The first kappa shape index (κ1) is 13.3. The minimum absolute atomic E-state index is 0.0601. The fourth-order valence-electron chi connectivity index (χ4n) is 2.20. The van der Waals surface area contributed by atoms with Crippen LogP contribution in [0, 0.1) is 0 Å². The zero-order valence-electron chi connectivity index (χ0n) is 10.8. The van der Waals surface area contributed by atoms with Gasteiger partial charge in [0, 0.05) is 25.2 Å². The van der Waals surface area contributed by atoms with Crippen LogP contribution in [0.25, 0.3) is 0 Å². The van der Waals surface area contributed by atoms with E-state index in [1.54, 1.807) is 0 Å². The molecular weight excluding hydrogens is 202 g/mol. The Morgan fingerprint density at radius 3 is 2.62 bits per heavy atom. The van der Waals surface area contributed by atoms with Crippen LogP contribution in [0.3, 0.4) is 0 Å². The van der Waals surface area contributed by atoms with Gasteiger partial charge in [-0.05, 0) is 40.2 Å². The first-order valence-electron chi connectivity index (χ1n) is 6.47. The number of piperidine rings is 1. The van der Waals surface area contributed by atoms with Gasteiger partial charge in [0.05, 0.1) is 0 Å². The molecule has 2 atom stereocenters. The number of carbonyl (C=O) groups is 1. The zero-order chi connectivity index (χ0) is 12.0. The fraction of sp³-hybridized carbons (Fsp3) is 0.917. The lowest BCUT2D eigenvalue weighted by Crippen LogP contribution is -2.53. The summed E-state index contributed by atoms with van der Waals surface area (Å²) in [6.45, 7) is 8.72. The molecule has 4 nitrogen and oxygen atoms in total. The van der Waals surface area contributed by atoms with E-state index in [1.807, 2.05) is 18.7 Å². The number of carbonyl (C=O) groups excluding carboxylic acids is 1. The first-order valence-corrected chi connectivity index (χ1v) is 6.47. The van der Waals surface area contributed by atoms with Crippen LogP contribution in [0.4, 0.5) is 4.79 Å². The number of amides is 2. The molecule has 1 aliphatic rings. The highest BCUT2D eigenvalue weighted by Crippen LogP contribution is 2.10. The molecule has 0 aromatic rings. The Kier molecular flexibility index (Phi) is 5.60. The van der Waals surface area contributed by atoms with Crippen molar-refractivity contribution in [1.29, 1.82) is 0 Å². The maximum absolute atomic E-state index is 11.8. The summed E-state index contributed by atoms with van der Waals surface area (Å²) >= 11 is 0. The van der Waals surface area contributed by atoms with Crippen molar-refractivity contribution in [2.75, 3.05) is 19.6 Å². The third kappa shape index (κ3) is 3.67. The summed E-state index contributed by atoms with van der Waals surface area (Å²) in [7, 11) is 0. The second-order valence-corrected chi connectivity index (χ2v) is 4.47. The Morgan fingerprint density at radius 2 is 2.12 bits per heavy atom. The number of nitrogens with one attached hydrogen (secondary N) is 2. The van der Waals surface area contributed by atoms with Crippen molar-refractivity contribution in [3.05, 3.63) is 0 Å². The van der Waals surface area contributed by atoms with Crippen LogP contribution in [0.1, 0.15) is 40.0 Å². The van der Waals surface area contributed by atoms with Crippen LogP contribution < -0.4 is 10.6 Å². The van der Waals surface area contributed by atoms with Crippen molar-refractivity contribution in [1.82, 2.24) is 15.5 Å². The van der Waals surface area contributed by atoms with Gasteiger partial charge in [0.2, 0.25) is 0 Å². The highest BCUT2D eigenvalue weighted by atomic mass is 16.2. The molecule has 0 saturated carbocycles. The maximum atomic E-state index is 11.8. The lowest BCUT2D eigenvalue weighted by atomic mass is 9.99. The molecule has 0 aromatic carbocycles. The van der Waals surface area contributed by atoms with Gasteiger partial charge < -0.3 is 15.5 Å². The molecular formula is C12H25N3O. The van der Waals surface area contributed by atoms with E-state index < -0.39 is 0 Å². The number of nitrogens with zero attached hydrogens (tertiary/aromatic N) is 1. The lowest BCUT2D eigenvalue weighted by Gasteiger charge is -2.31. The summed E-state index contributed by atoms with van der Waals surface area (Å²) in [6.07, 6.45) is 3.69. The van der Waals surface area contributed by atoms with Gasteiger partial charge in [-0.1, -0.05) is 6.42 Å². The van der Waals surface area contributed by atoms with Crippen molar-refractivity contribution in [2.24, 2.45) is 0 Å². The molecule has 0 spiro atoms. The SMILES string of the molecule is CCN(CC)C(=O)NC(C)C1CCCCN1. The van der Waals surface area contributed by atoms with Gasteiger partial charge in [0.25, 0.3) is 0 Å². The summed E-state index contributed by atoms with van der Waals surface area (Å²) in [5, 5.41) is 6.54. The Labute approximate surface area is 98.8 Å². The topological polar surface area (TPSA) is 44.4 Å². The Morgan fingerprint density at radius 1 is 1.44 bits per heavy atom. The molecule has 0 aliphatic carbocycles. The zero-order valence-corrected chi connectivity index (χ0v) is 10.8. The molecule has 1 rings (SSSR count). The van der Waals surface area contributed by atoms with Crippen LogP contribution in [0.5, 0.6) is 0 Å². The van der Waals surface area contributed by atoms with Gasteiger partial charge >= 0.3 is 6.03 Å². The second kappa shape index (κ2) is 6.74. The van der Waals surface area contributed by atoms with Gasteiger partial charge in [0.1, 0.15) is 0 Å². The van der Waals surface area contributed by atoms with Crippen molar-refractivity contribution >= 4 is 6.03 Å². The molecule has 0 radical (unpaired) electrons. The molecule has 94 valence electrons. The van der Waals surface area contributed by atoms with Crippen LogP contribution in [0.15, 0.2) is 0 Å². The highest BCUT2D eigenvalue weighted by molar-refractivity contribution is 5.74. The molecule has 0 aromatic heterocycles. The molecule has 0 bridgehead atoms. The predicted molar refractivity (Wildman–Crippen MR) is 66.6 cm³/mol. The summed E-state index contributed by atoms with van der Waals surface area (Å²) in [6, 6.07) is 0.714. The van der Waals surface area contributed by atoms with Gasteiger partial charge in [-0.25, -0.2) is 4.79 Å². The number of hydrogen-bond donors (Lipinski definition) is 2. The van der Waals surface area contributed by atoms with E-state index in [2.05, 4.69) is 17.6 Å². The van der Waals surface area contributed by atoms with Crippen LogP contribution >= 0.6 is 0 Å². The predicted octanol–water partition coefficient (Wildman–Crippen LogP) is 1.57. The molecule has 1 heterocycles. The van der Waals surface area contributed by atoms with Gasteiger partial charge in [0.15, 0.2) is 0 Å². The molecule has 4 heteroatoms. The van der Waals surface area contributed by atoms with E-state index >= 15 is 0 Å². The normalized spacial score (nSPS) is 22.6. The van der Waals surface area contributed by atoms with Gasteiger partial charge in [-0.3, -0.25) is 0 Å². The van der Waals surface area contributed by atoms with E-state index in [0.717, 1.165) is 19.6 Å². The summed E-state index contributed by atoms with van der Waals surface area (Å²) in [4.78, 5) is 13.7. The third-order valence-electron chi connectivity index (χ3n) is 3.35. The minimum atomic E-state index is 0.0601. The summed E-state index contributed by atoms with van der Waals surface area (Å²) in [5.74, 6) is 0. The fourth-order valence-corrected chi connectivity index (χ4v) is 2.20. The number of hydrogen-bond acceptors (Lipinski definition) is 2. The van der Waals surface area contributed by atoms with E-state index in [-0.39, 0.29) is 12.1 Å². The van der Waals surface area contributed by atoms with Crippen LogP contribution in [0.2, 0.25) is 0 Å². The molecule has 2 unspecified atom stereocenters. The smallest absolute Gasteiger partial charge is 0.317 e. The average Bonchev–Trinajstić information content (AvgIpc) is 2.31. The minimum Gasteiger partial charge on any atom is -0.334 e. The van der Waals surface area contributed by atoms with Crippen LogP contribution in [-0.4, -0.2) is 42.6 Å². The van der Waals surface area contributed by atoms with Gasteiger partial charge in [-0.2, -0.15) is 0 Å². The Balaban J connectivity index is 2.36. The number of urea groups is 1. The first-order chi connectivity index (χ1) is 7.69. The van der Waals surface area contributed by atoms with E-state index in [9.17, 15) is 4.79 Å². The Hall–Kier alpha value is -0.770. The highest BCUT2D eigenvalue weighted by Gasteiger charge is 2.22. The molecule has 1 aliphatic heterocycles. The van der Waals surface area contributed by atoms with E-state index in [1.165, 1.54) is 19.3 Å². The molecule has 1 saturated heterocycles. The Bertz CT molecular complexity index is 210. The summed E-state index contributed by atoms with van der Waals surface area (Å²) < 4.78 is 0. The standard InChI is InChI=1S/C12H25N3O/c1-4-15(5-2)12(16)14-10(3)11-8-6-7-9-13-11/h10-11,13H,4-9H2,1-3H3,(H,14,16). The monoisotopic (exact) mass is 227 g/mol. The lowest BCUT2D eigenvalue weighted by molar-refractivity contribution is 0.194. The van der Waals surface area contributed by atoms with Crippen LogP contribution in [-0.2, 0) is 0 Å². The molecule has 16 heavy (non-hydrogen) atoms. The van der Waals surface area contributed by atoms with Crippen molar-refractivity contribution < 1.29 is 4.79 Å². The van der Waals surface area contributed by atoms with Crippen molar-refractivity contribution in [3.63, 3.8) is 0 Å². The largest absolute Gasteiger partial charge is 0.334 e. The average molecular weight is 227 g/mol.